The third-order valence-corrected chi connectivity index (χ3v) is 5.43. The van der Waals surface area contributed by atoms with Crippen molar-refractivity contribution in [3.63, 3.8) is 0 Å². The minimum absolute atomic E-state index is 0.0421. The Morgan fingerprint density at radius 2 is 1.96 bits per heavy atom. The van der Waals surface area contributed by atoms with E-state index in [1.54, 1.807) is 24.3 Å². The lowest BCUT2D eigenvalue weighted by Crippen LogP contribution is -2.42. The van der Waals surface area contributed by atoms with Crippen LogP contribution in [-0.2, 0) is 43.1 Å². The highest BCUT2D eigenvalue weighted by atomic mass is 32.2. The number of methoxy groups -OCH3 is 1. The molecule has 0 amide bonds. The van der Waals surface area contributed by atoms with Crippen LogP contribution < -0.4 is 0 Å². The van der Waals surface area contributed by atoms with Crippen LogP contribution >= 0.6 is 0 Å². The van der Waals surface area contributed by atoms with Crippen molar-refractivity contribution in [2.24, 2.45) is 0 Å². The summed E-state index contributed by atoms with van der Waals surface area (Å²) in [6.45, 7) is 0.275. The lowest BCUT2D eigenvalue weighted by Gasteiger charge is -2.34. The number of alkyl halides is 1. The van der Waals surface area contributed by atoms with Gasteiger partial charge in [-0.3, -0.25) is 0 Å². The van der Waals surface area contributed by atoms with Gasteiger partial charge in [0.1, 0.15) is 12.0 Å². The van der Waals surface area contributed by atoms with E-state index in [1.165, 1.54) is 13.4 Å². The van der Waals surface area contributed by atoms with Crippen molar-refractivity contribution in [2.75, 3.05) is 20.3 Å². The molecule has 2 aromatic rings. The molecule has 2 heterocycles. The quantitative estimate of drug-likeness (QED) is 0.757. The van der Waals surface area contributed by atoms with Crippen molar-refractivity contribution < 1.29 is 26.8 Å². The summed E-state index contributed by atoms with van der Waals surface area (Å²) in [5.74, 6) is -0.321. The maximum atomic E-state index is 14.2. The third-order valence-electron chi connectivity index (χ3n) is 3.90. The SMILES string of the molecule is COCc1nocc1CS(=O)(=O)Cc1ccc(C2(F)COC2)cc1. The normalized spacial score (nSPS) is 16.8. The number of nitrogens with zero attached hydrogens (tertiary/aromatic N) is 1. The van der Waals surface area contributed by atoms with Gasteiger partial charge in [0.25, 0.3) is 0 Å². The van der Waals surface area contributed by atoms with Crippen molar-refractivity contribution in [1.29, 1.82) is 0 Å². The highest BCUT2D eigenvalue weighted by Gasteiger charge is 2.40. The van der Waals surface area contributed by atoms with Crippen LogP contribution in [0.5, 0.6) is 0 Å². The summed E-state index contributed by atoms with van der Waals surface area (Å²) in [7, 11) is -1.91. The van der Waals surface area contributed by atoms with Crippen LogP contribution in [0.15, 0.2) is 35.1 Å². The Morgan fingerprint density at radius 1 is 1.25 bits per heavy atom. The zero-order valence-electron chi connectivity index (χ0n) is 13.2. The van der Waals surface area contributed by atoms with Gasteiger partial charge in [-0.25, -0.2) is 12.8 Å². The molecule has 1 aromatic carbocycles. The second-order valence-electron chi connectivity index (χ2n) is 5.91. The first-order valence-corrected chi connectivity index (χ1v) is 9.21. The Morgan fingerprint density at radius 3 is 2.54 bits per heavy atom. The minimum Gasteiger partial charge on any atom is -0.378 e. The largest absolute Gasteiger partial charge is 0.378 e. The maximum absolute atomic E-state index is 14.2. The van der Waals surface area contributed by atoms with Crippen LogP contribution in [0.1, 0.15) is 22.4 Å². The van der Waals surface area contributed by atoms with E-state index in [0.717, 1.165) is 0 Å². The van der Waals surface area contributed by atoms with Crippen molar-refractivity contribution in [2.45, 2.75) is 23.8 Å². The molecule has 0 aliphatic carbocycles. The number of hydrogen-bond donors (Lipinski definition) is 0. The molecule has 0 unspecified atom stereocenters. The summed E-state index contributed by atoms with van der Waals surface area (Å²) >= 11 is 0. The van der Waals surface area contributed by atoms with Crippen molar-refractivity contribution in [1.82, 2.24) is 5.16 Å². The van der Waals surface area contributed by atoms with Gasteiger partial charge in [0.2, 0.25) is 0 Å². The molecular weight excluding hydrogens is 337 g/mol. The molecule has 6 nitrogen and oxygen atoms in total. The van der Waals surface area contributed by atoms with Gasteiger partial charge in [0.15, 0.2) is 15.5 Å². The standard InChI is InChI=1S/C16H18FNO5S/c1-21-7-15-13(6-23-18-15)9-24(19,20)8-12-2-4-14(5-3-12)16(17)10-22-11-16/h2-6H,7-11H2,1H3. The average molecular weight is 355 g/mol. The Kier molecular flexibility index (Phi) is 4.71. The second kappa shape index (κ2) is 6.62. The highest BCUT2D eigenvalue weighted by molar-refractivity contribution is 7.89. The van der Waals surface area contributed by atoms with Gasteiger partial charge < -0.3 is 14.0 Å². The third kappa shape index (κ3) is 3.66. The molecule has 1 aliphatic rings. The molecule has 130 valence electrons. The summed E-state index contributed by atoms with van der Waals surface area (Å²) < 4.78 is 53.6. The van der Waals surface area contributed by atoms with Gasteiger partial charge in [-0.15, -0.1) is 0 Å². The number of rotatable bonds is 7. The zero-order valence-corrected chi connectivity index (χ0v) is 14.0. The topological polar surface area (TPSA) is 78.6 Å². The highest BCUT2D eigenvalue weighted by Crippen LogP contribution is 2.33. The summed E-state index contributed by atoms with van der Waals surface area (Å²) in [6, 6.07) is 6.50. The van der Waals surface area contributed by atoms with E-state index in [2.05, 4.69) is 5.16 Å². The Bertz CT molecular complexity index is 796. The van der Waals surface area contributed by atoms with Crippen LogP contribution in [0.4, 0.5) is 4.39 Å². The fourth-order valence-corrected chi connectivity index (χ4v) is 4.05. The fraction of sp³-hybridized carbons (Fsp3) is 0.438. The number of hydrogen-bond acceptors (Lipinski definition) is 6. The summed E-state index contributed by atoms with van der Waals surface area (Å²) in [5, 5.41) is 3.73. The molecule has 0 atom stereocenters. The lowest BCUT2D eigenvalue weighted by atomic mass is 9.93. The average Bonchev–Trinajstić information content (AvgIpc) is 2.92. The first kappa shape index (κ1) is 17.1. The molecular formula is C16H18FNO5S. The molecule has 1 saturated heterocycles. The molecule has 0 radical (unpaired) electrons. The van der Waals surface area contributed by atoms with E-state index in [1.807, 2.05) is 0 Å². The van der Waals surface area contributed by atoms with Crippen molar-refractivity contribution in [3.05, 3.63) is 52.9 Å². The van der Waals surface area contributed by atoms with Gasteiger partial charge in [-0.1, -0.05) is 29.4 Å². The van der Waals surface area contributed by atoms with Gasteiger partial charge in [0.05, 0.1) is 31.3 Å². The predicted molar refractivity (Wildman–Crippen MR) is 83.6 cm³/mol. The molecule has 0 N–H and O–H groups in total. The molecule has 0 saturated carbocycles. The van der Waals surface area contributed by atoms with E-state index >= 15 is 0 Å². The van der Waals surface area contributed by atoms with Crippen LogP contribution in [0, 0.1) is 0 Å². The minimum atomic E-state index is -3.41. The molecule has 1 aromatic heterocycles. The van der Waals surface area contributed by atoms with Crippen molar-refractivity contribution >= 4 is 9.84 Å². The second-order valence-corrected chi connectivity index (χ2v) is 7.97. The Hall–Kier alpha value is -1.77. The number of aromatic nitrogens is 1. The number of sulfone groups is 1. The molecule has 1 fully saturated rings. The number of benzene rings is 1. The number of halogens is 1. The van der Waals surface area contributed by atoms with Crippen LogP contribution in [-0.4, -0.2) is 33.9 Å². The summed E-state index contributed by atoms with van der Waals surface area (Å²) in [5.41, 5.74) is 0.627. The van der Waals surface area contributed by atoms with E-state index in [9.17, 15) is 12.8 Å². The van der Waals surface area contributed by atoms with Gasteiger partial charge in [-0.05, 0) is 11.1 Å². The molecule has 24 heavy (non-hydrogen) atoms. The van der Waals surface area contributed by atoms with Crippen LogP contribution in [0.2, 0.25) is 0 Å². The lowest BCUT2D eigenvalue weighted by molar-refractivity contribution is -0.135. The van der Waals surface area contributed by atoms with Gasteiger partial charge in [0, 0.05) is 12.7 Å². The predicted octanol–water partition coefficient (Wildman–Crippen LogP) is 2.13. The fourth-order valence-electron chi connectivity index (χ4n) is 2.54. The van der Waals surface area contributed by atoms with Gasteiger partial charge >= 0.3 is 0 Å². The van der Waals surface area contributed by atoms with Crippen molar-refractivity contribution in [3.8, 4) is 0 Å². The Balaban J connectivity index is 1.69. The molecule has 0 spiro atoms. The molecule has 3 rings (SSSR count). The van der Waals surface area contributed by atoms with E-state index in [-0.39, 0.29) is 31.3 Å². The van der Waals surface area contributed by atoms with Crippen LogP contribution in [0.25, 0.3) is 0 Å². The molecule has 8 heteroatoms. The molecule has 1 aliphatic heterocycles. The Labute approximate surface area is 139 Å². The first-order chi connectivity index (χ1) is 11.4. The van der Waals surface area contributed by atoms with E-state index in [4.69, 9.17) is 14.0 Å². The first-order valence-electron chi connectivity index (χ1n) is 7.39. The molecule has 0 bridgehead atoms. The zero-order chi connectivity index (χ0) is 17.2. The van der Waals surface area contributed by atoms with E-state index < -0.39 is 15.5 Å². The smallest absolute Gasteiger partial charge is 0.182 e. The summed E-state index contributed by atoms with van der Waals surface area (Å²) in [4.78, 5) is 0. The van der Waals surface area contributed by atoms with Crippen LogP contribution in [0.3, 0.4) is 0 Å². The van der Waals surface area contributed by atoms with E-state index in [0.29, 0.717) is 22.4 Å². The van der Waals surface area contributed by atoms with Gasteiger partial charge in [-0.2, -0.15) is 0 Å². The monoisotopic (exact) mass is 355 g/mol. The number of ether oxygens (including phenoxy) is 2. The maximum Gasteiger partial charge on any atom is 0.182 e. The summed E-state index contributed by atoms with van der Waals surface area (Å²) in [6.07, 6.45) is 1.32.